The van der Waals surface area contributed by atoms with E-state index in [1.807, 2.05) is 0 Å². The molecule has 1 N–H and O–H groups in total. The Kier molecular flexibility index (Phi) is 3.86. The third-order valence-electron chi connectivity index (χ3n) is 2.47. The number of hydrazone groups is 1. The first-order valence-corrected chi connectivity index (χ1v) is 5.79. The van der Waals surface area contributed by atoms with E-state index in [4.69, 9.17) is 4.74 Å². The van der Waals surface area contributed by atoms with Crippen molar-refractivity contribution in [3.05, 3.63) is 0 Å². The van der Waals surface area contributed by atoms with E-state index in [0.29, 0.717) is 0 Å². The van der Waals surface area contributed by atoms with E-state index in [1.54, 1.807) is 6.92 Å². The maximum atomic E-state index is 12.9. The highest BCUT2D eigenvalue weighted by Gasteiger charge is 2.63. The summed E-state index contributed by atoms with van der Waals surface area (Å²) in [6.45, 7) is 6.13. The maximum absolute atomic E-state index is 12.9. The van der Waals surface area contributed by atoms with E-state index in [2.05, 4.69) is 5.10 Å². The van der Waals surface area contributed by atoms with Crippen LogP contribution in [0, 0.1) is 0 Å². The van der Waals surface area contributed by atoms with Crippen LogP contribution in [0.5, 0.6) is 0 Å². The van der Waals surface area contributed by atoms with Crippen molar-refractivity contribution in [2.45, 2.75) is 58.0 Å². The lowest BCUT2D eigenvalue weighted by Crippen LogP contribution is -2.57. The Morgan fingerprint density at radius 1 is 1.47 bits per heavy atom. The van der Waals surface area contributed by atoms with Gasteiger partial charge in [0.1, 0.15) is 5.60 Å². The highest BCUT2D eigenvalue weighted by molar-refractivity contribution is 5.89. The first kappa shape index (κ1) is 15.7. The van der Waals surface area contributed by atoms with Gasteiger partial charge in [-0.05, 0) is 27.2 Å². The molecule has 0 radical (unpaired) electrons. The van der Waals surface area contributed by atoms with Gasteiger partial charge in [-0.1, -0.05) is 6.92 Å². The predicted octanol–water partition coefficient (Wildman–Crippen LogP) is 2.64. The number of carbonyl (C=O) groups excluding carboxylic acids is 1. The molecule has 1 atom stereocenters. The van der Waals surface area contributed by atoms with Crippen LogP contribution in [0.2, 0.25) is 0 Å². The summed E-state index contributed by atoms with van der Waals surface area (Å²) in [6, 6.07) is 0. The highest BCUT2D eigenvalue weighted by Crippen LogP contribution is 2.41. The third-order valence-corrected chi connectivity index (χ3v) is 2.47. The van der Waals surface area contributed by atoms with Crippen LogP contribution >= 0.6 is 0 Å². The van der Waals surface area contributed by atoms with Gasteiger partial charge in [0, 0.05) is 12.1 Å². The van der Waals surface area contributed by atoms with Crippen LogP contribution in [-0.2, 0) is 4.74 Å². The van der Waals surface area contributed by atoms with Crippen molar-refractivity contribution in [2.24, 2.45) is 5.10 Å². The van der Waals surface area contributed by atoms with E-state index in [9.17, 15) is 23.1 Å². The first-order valence-electron chi connectivity index (χ1n) is 5.79. The molecule has 1 aliphatic heterocycles. The van der Waals surface area contributed by atoms with E-state index < -0.39 is 30.0 Å². The number of aliphatic hydroxyl groups is 1. The first-order chi connectivity index (χ1) is 8.40. The van der Waals surface area contributed by atoms with E-state index in [1.165, 1.54) is 20.8 Å². The molecule has 0 saturated carbocycles. The van der Waals surface area contributed by atoms with Crippen LogP contribution in [-0.4, -0.2) is 39.4 Å². The largest absolute Gasteiger partial charge is 0.442 e. The summed E-state index contributed by atoms with van der Waals surface area (Å²) < 4.78 is 43.6. The van der Waals surface area contributed by atoms with Gasteiger partial charge in [0.25, 0.3) is 5.72 Å². The van der Waals surface area contributed by atoms with Crippen molar-refractivity contribution < 1.29 is 27.8 Å². The fourth-order valence-corrected chi connectivity index (χ4v) is 1.53. The van der Waals surface area contributed by atoms with E-state index in [-0.39, 0.29) is 17.1 Å². The minimum Gasteiger partial charge on any atom is -0.442 e. The number of ether oxygens (including phenoxy) is 1. The second-order valence-electron chi connectivity index (χ2n) is 5.30. The fourth-order valence-electron chi connectivity index (χ4n) is 1.53. The van der Waals surface area contributed by atoms with Gasteiger partial charge >= 0.3 is 12.3 Å². The van der Waals surface area contributed by atoms with Gasteiger partial charge in [-0.3, -0.25) is 0 Å². The van der Waals surface area contributed by atoms with Crippen LogP contribution in [0.25, 0.3) is 0 Å². The molecule has 0 aromatic rings. The number of hydrogen-bond acceptors (Lipinski definition) is 4. The summed E-state index contributed by atoms with van der Waals surface area (Å²) in [5.41, 5.74) is -4.22. The Bertz CT molecular complexity index is 401. The van der Waals surface area contributed by atoms with Crippen molar-refractivity contribution in [1.29, 1.82) is 0 Å². The molecule has 0 aromatic heterocycles. The molecule has 1 aliphatic rings. The minimum atomic E-state index is -5.01. The Labute approximate surface area is 109 Å². The summed E-state index contributed by atoms with van der Waals surface area (Å²) >= 11 is 0. The standard InChI is InChI=1S/C11H17F3N2O3/c1-5-7-6-10(18,11(12,13)14)16(15-7)8(17)19-9(2,3)4/h18H,5-6H2,1-4H3/t10-/m0/s1. The number of hydrogen-bond donors (Lipinski definition) is 1. The smallest absolute Gasteiger partial charge is 0.439 e. The zero-order valence-corrected chi connectivity index (χ0v) is 11.2. The highest BCUT2D eigenvalue weighted by atomic mass is 19.4. The Hall–Kier alpha value is -1.31. The molecule has 1 rings (SSSR count). The molecule has 0 aliphatic carbocycles. The lowest BCUT2D eigenvalue weighted by Gasteiger charge is -2.33. The summed E-state index contributed by atoms with van der Waals surface area (Å²) in [5.74, 6) is 0. The zero-order valence-electron chi connectivity index (χ0n) is 11.2. The number of nitrogens with zero attached hydrogens (tertiary/aromatic N) is 2. The predicted molar refractivity (Wildman–Crippen MR) is 61.4 cm³/mol. The van der Waals surface area contributed by atoms with Crippen molar-refractivity contribution in [2.75, 3.05) is 0 Å². The molecule has 0 aromatic carbocycles. The number of carbonyl (C=O) groups is 1. The second kappa shape index (κ2) is 4.66. The van der Waals surface area contributed by atoms with E-state index >= 15 is 0 Å². The zero-order chi connectivity index (χ0) is 15.1. The van der Waals surface area contributed by atoms with Crippen molar-refractivity contribution >= 4 is 11.8 Å². The normalized spacial score (nSPS) is 24.4. The molecule has 0 bridgehead atoms. The molecule has 0 saturated heterocycles. The monoisotopic (exact) mass is 282 g/mol. The van der Waals surface area contributed by atoms with Gasteiger partial charge in [0.15, 0.2) is 0 Å². The molecular formula is C11H17F3N2O3. The quantitative estimate of drug-likeness (QED) is 0.804. The molecular weight excluding hydrogens is 265 g/mol. The SMILES string of the molecule is CCC1=NN(C(=O)OC(C)(C)C)[C@@](O)(C(F)(F)F)C1. The number of amides is 1. The second-order valence-corrected chi connectivity index (χ2v) is 5.30. The van der Waals surface area contributed by atoms with Crippen molar-refractivity contribution in [3.8, 4) is 0 Å². The summed E-state index contributed by atoms with van der Waals surface area (Å²) in [7, 11) is 0. The van der Waals surface area contributed by atoms with Crippen LogP contribution in [0.1, 0.15) is 40.5 Å². The molecule has 1 heterocycles. The van der Waals surface area contributed by atoms with Gasteiger partial charge in [-0.2, -0.15) is 23.3 Å². The van der Waals surface area contributed by atoms with Gasteiger partial charge < -0.3 is 9.84 Å². The lowest BCUT2D eigenvalue weighted by molar-refractivity contribution is -0.300. The molecule has 19 heavy (non-hydrogen) atoms. The lowest BCUT2D eigenvalue weighted by atomic mass is 10.1. The number of rotatable bonds is 1. The third kappa shape index (κ3) is 3.17. The van der Waals surface area contributed by atoms with Crippen molar-refractivity contribution in [3.63, 3.8) is 0 Å². The van der Waals surface area contributed by atoms with Gasteiger partial charge in [-0.15, -0.1) is 0 Å². The van der Waals surface area contributed by atoms with Gasteiger partial charge in [0.2, 0.25) is 0 Å². The Balaban J connectivity index is 3.06. The van der Waals surface area contributed by atoms with Crippen LogP contribution in [0.15, 0.2) is 5.10 Å². The van der Waals surface area contributed by atoms with Crippen LogP contribution in [0.3, 0.4) is 0 Å². The number of alkyl halides is 3. The molecule has 5 nitrogen and oxygen atoms in total. The Morgan fingerprint density at radius 3 is 2.37 bits per heavy atom. The molecule has 1 amide bonds. The molecule has 0 fully saturated rings. The molecule has 110 valence electrons. The average molecular weight is 282 g/mol. The number of halogens is 3. The van der Waals surface area contributed by atoms with E-state index in [0.717, 1.165) is 0 Å². The molecule has 0 unspecified atom stereocenters. The van der Waals surface area contributed by atoms with Crippen LogP contribution in [0.4, 0.5) is 18.0 Å². The van der Waals surface area contributed by atoms with Gasteiger partial charge in [-0.25, -0.2) is 4.79 Å². The molecule has 0 spiro atoms. The average Bonchev–Trinajstić information content (AvgIpc) is 2.53. The van der Waals surface area contributed by atoms with Crippen molar-refractivity contribution in [1.82, 2.24) is 5.01 Å². The summed E-state index contributed by atoms with van der Waals surface area (Å²) in [6.07, 6.45) is -6.88. The summed E-state index contributed by atoms with van der Waals surface area (Å²) in [5, 5.41) is 13.2. The van der Waals surface area contributed by atoms with Gasteiger partial charge in [0.05, 0.1) is 0 Å². The maximum Gasteiger partial charge on any atom is 0.439 e. The topological polar surface area (TPSA) is 62.1 Å². The van der Waals surface area contributed by atoms with Crippen LogP contribution < -0.4 is 0 Å². The molecule has 8 heteroatoms. The Morgan fingerprint density at radius 2 is 2.00 bits per heavy atom. The summed E-state index contributed by atoms with van der Waals surface area (Å²) in [4.78, 5) is 11.7. The fraction of sp³-hybridized carbons (Fsp3) is 0.818. The minimum absolute atomic E-state index is 0.0168.